The van der Waals surface area contributed by atoms with Gasteiger partial charge in [0, 0.05) is 10.6 Å². The molecule has 21 heavy (non-hydrogen) atoms. The third-order valence-electron chi connectivity index (χ3n) is 2.72. The van der Waals surface area contributed by atoms with Crippen molar-refractivity contribution in [1.29, 1.82) is 0 Å². The summed E-state index contributed by atoms with van der Waals surface area (Å²) in [4.78, 5) is 12.2. The maximum atomic E-state index is 12.2. The second-order valence-electron chi connectivity index (χ2n) is 4.16. The van der Waals surface area contributed by atoms with Crippen LogP contribution in [0.4, 0.5) is 11.4 Å². The minimum atomic E-state index is -0.342. The lowest BCUT2D eigenvalue weighted by Crippen LogP contribution is -2.13. The van der Waals surface area contributed by atoms with Crippen LogP contribution in [0, 0.1) is 0 Å². The minimum absolute atomic E-state index is 0.337. The lowest BCUT2D eigenvalue weighted by atomic mass is 10.2. The average molecular weight is 390 g/mol. The number of carbonyl (C=O) groups is 1. The quantitative estimate of drug-likeness (QED) is 0.754. The van der Waals surface area contributed by atoms with Crippen molar-refractivity contribution >= 4 is 56.4 Å². The smallest absolute Gasteiger partial charge is 0.255 e. The van der Waals surface area contributed by atoms with Gasteiger partial charge in [-0.15, -0.1) is 0 Å². The zero-order valence-corrected chi connectivity index (χ0v) is 14.0. The number of amides is 1. The van der Waals surface area contributed by atoms with Gasteiger partial charge in [0.1, 0.15) is 0 Å². The topological polar surface area (TPSA) is 64.3 Å². The molecular weight excluding hydrogens is 379 g/mol. The first-order valence-corrected chi connectivity index (χ1v) is 7.36. The number of halogens is 3. The Balaban J connectivity index is 2.33. The molecule has 7 heteroatoms. The fourth-order valence-electron chi connectivity index (χ4n) is 1.74. The van der Waals surface area contributed by atoms with Gasteiger partial charge >= 0.3 is 0 Å². The van der Waals surface area contributed by atoms with E-state index in [2.05, 4.69) is 21.2 Å². The molecule has 3 N–H and O–H groups in total. The second-order valence-corrected chi connectivity index (χ2v) is 5.86. The van der Waals surface area contributed by atoms with E-state index in [1.807, 2.05) is 0 Å². The van der Waals surface area contributed by atoms with Crippen molar-refractivity contribution in [3.8, 4) is 5.75 Å². The number of hydrogen-bond acceptors (Lipinski definition) is 3. The van der Waals surface area contributed by atoms with E-state index < -0.39 is 0 Å². The van der Waals surface area contributed by atoms with Gasteiger partial charge < -0.3 is 15.8 Å². The maximum absolute atomic E-state index is 12.2. The molecule has 2 rings (SSSR count). The molecule has 0 aliphatic rings. The molecule has 0 fully saturated rings. The third kappa shape index (κ3) is 3.61. The van der Waals surface area contributed by atoms with Gasteiger partial charge in [-0.05, 0) is 46.3 Å². The van der Waals surface area contributed by atoms with Crippen molar-refractivity contribution in [1.82, 2.24) is 0 Å². The van der Waals surface area contributed by atoms with Crippen molar-refractivity contribution < 1.29 is 9.53 Å². The first-order chi connectivity index (χ1) is 9.92. The molecule has 0 radical (unpaired) electrons. The SMILES string of the molecule is COc1c(Br)cc(Cl)cc1NC(=O)c1ccc(Cl)c(N)c1. The van der Waals surface area contributed by atoms with Crippen molar-refractivity contribution in [2.45, 2.75) is 0 Å². The van der Waals surface area contributed by atoms with Crippen LogP contribution in [-0.2, 0) is 0 Å². The van der Waals surface area contributed by atoms with Crippen LogP contribution in [0.1, 0.15) is 10.4 Å². The number of nitrogens with two attached hydrogens (primary N) is 1. The predicted molar refractivity (Wildman–Crippen MR) is 89.5 cm³/mol. The second kappa shape index (κ2) is 6.56. The number of hydrogen-bond donors (Lipinski definition) is 2. The van der Waals surface area contributed by atoms with Gasteiger partial charge in [-0.1, -0.05) is 23.2 Å². The van der Waals surface area contributed by atoms with Gasteiger partial charge in [0.05, 0.1) is 28.0 Å². The summed E-state index contributed by atoms with van der Waals surface area (Å²) < 4.78 is 5.89. The first-order valence-electron chi connectivity index (χ1n) is 5.81. The molecule has 0 bridgehead atoms. The predicted octanol–water partition coefficient (Wildman–Crippen LogP) is 4.60. The molecule has 0 saturated heterocycles. The van der Waals surface area contributed by atoms with Gasteiger partial charge in [0.2, 0.25) is 0 Å². The molecule has 2 aromatic carbocycles. The van der Waals surface area contributed by atoms with Crippen LogP contribution in [0.2, 0.25) is 10.0 Å². The maximum Gasteiger partial charge on any atom is 0.255 e. The van der Waals surface area contributed by atoms with E-state index in [1.54, 1.807) is 24.3 Å². The number of methoxy groups -OCH3 is 1. The first kappa shape index (κ1) is 15.9. The van der Waals surface area contributed by atoms with Crippen molar-refractivity contribution in [3.05, 3.63) is 50.4 Å². The summed E-state index contributed by atoms with van der Waals surface area (Å²) in [6.07, 6.45) is 0. The molecule has 0 aromatic heterocycles. The molecule has 0 aliphatic heterocycles. The summed E-state index contributed by atoms with van der Waals surface area (Å²) in [7, 11) is 1.50. The standard InChI is InChI=1S/C14H11BrCl2N2O2/c1-21-13-9(15)5-8(16)6-12(13)19-14(20)7-2-3-10(17)11(18)4-7/h2-6H,18H2,1H3,(H,19,20). The van der Waals surface area contributed by atoms with Crippen molar-refractivity contribution in [2.24, 2.45) is 0 Å². The summed E-state index contributed by atoms with van der Waals surface area (Å²) in [5, 5.41) is 3.59. The number of nitrogen functional groups attached to an aromatic ring is 1. The van der Waals surface area contributed by atoms with Crippen molar-refractivity contribution in [3.63, 3.8) is 0 Å². The number of anilines is 2. The zero-order chi connectivity index (χ0) is 15.6. The molecule has 110 valence electrons. The number of carbonyl (C=O) groups excluding carboxylic acids is 1. The van der Waals surface area contributed by atoms with E-state index >= 15 is 0 Å². The van der Waals surface area contributed by atoms with E-state index in [0.717, 1.165) is 0 Å². The largest absolute Gasteiger partial charge is 0.493 e. The Morgan fingerprint density at radius 1 is 1.29 bits per heavy atom. The van der Waals surface area contributed by atoms with E-state index in [-0.39, 0.29) is 5.91 Å². The van der Waals surface area contributed by atoms with Crippen LogP contribution in [0.3, 0.4) is 0 Å². The zero-order valence-electron chi connectivity index (χ0n) is 10.9. The Morgan fingerprint density at radius 3 is 2.62 bits per heavy atom. The van der Waals surface area contributed by atoms with Gasteiger partial charge in [-0.3, -0.25) is 4.79 Å². The Hall–Kier alpha value is -1.43. The molecule has 0 unspecified atom stereocenters. The Labute approximate surface area is 140 Å². The Bertz CT molecular complexity index is 708. The molecule has 2 aromatic rings. The monoisotopic (exact) mass is 388 g/mol. The number of rotatable bonds is 3. The molecule has 0 spiro atoms. The Morgan fingerprint density at radius 2 is 2.00 bits per heavy atom. The van der Waals surface area contributed by atoms with Gasteiger partial charge in [0.15, 0.2) is 5.75 Å². The highest BCUT2D eigenvalue weighted by atomic mass is 79.9. The van der Waals surface area contributed by atoms with Crippen LogP contribution in [-0.4, -0.2) is 13.0 Å². The van der Waals surface area contributed by atoms with Crippen LogP contribution in [0.25, 0.3) is 0 Å². The third-order valence-corrected chi connectivity index (χ3v) is 3.87. The number of nitrogens with one attached hydrogen (secondary N) is 1. The number of benzene rings is 2. The highest BCUT2D eigenvalue weighted by molar-refractivity contribution is 9.10. The minimum Gasteiger partial charge on any atom is -0.493 e. The summed E-state index contributed by atoms with van der Waals surface area (Å²) in [6, 6.07) is 7.93. The van der Waals surface area contributed by atoms with E-state index in [0.29, 0.717) is 37.2 Å². The average Bonchev–Trinajstić information content (AvgIpc) is 2.41. The summed E-state index contributed by atoms with van der Waals surface area (Å²) in [5.74, 6) is 0.139. The van der Waals surface area contributed by atoms with Crippen LogP contribution in [0.15, 0.2) is 34.8 Å². The molecule has 0 atom stereocenters. The van der Waals surface area contributed by atoms with E-state index in [4.69, 9.17) is 33.7 Å². The number of ether oxygens (including phenoxy) is 1. The molecule has 0 saturated carbocycles. The molecule has 0 aliphatic carbocycles. The van der Waals surface area contributed by atoms with Crippen LogP contribution < -0.4 is 15.8 Å². The Kier molecular flexibility index (Phi) is 4.98. The van der Waals surface area contributed by atoms with Gasteiger partial charge in [-0.25, -0.2) is 0 Å². The van der Waals surface area contributed by atoms with Gasteiger partial charge in [0.25, 0.3) is 5.91 Å². The van der Waals surface area contributed by atoms with Crippen molar-refractivity contribution in [2.75, 3.05) is 18.2 Å². The lowest BCUT2D eigenvalue weighted by molar-refractivity contribution is 0.102. The summed E-state index contributed by atoms with van der Waals surface area (Å²) in [6.45, 7) is 0. The normalized spacial score (nSPS) is 10.3. The highest BCUT2D eigenvalue weighted by Crippen LogP contribution is 2.36. The highest BCUT2D eigenvalue weighted by Gasteiger charge is 2.14. The van der Waals surface area contributed by atoms with Crippen LogP contribution >= 0.6 is 39.1 Å². The van der Waals surface area contributed by atoms with E-state index in [1.165, 1.54) is 13.2 Å². The molecular formula is C14H11BrCl2N2O2. The lowest BCUT2D eigenvalue weighted by Gasteiger charge is -2.13. The fraction of sp³-hybridized carbons (Fsp3) is 0.0714. The van der Waals surface area contributed by atoms with Crippen LogP contribution in [0.5, 0.6) is 5.75 Å². The molecule has 4 nitrogen and oxygen atoms in total. The molecule has 0 heterocycles. The summed E-state index contributed by atoms with van der Waals surface area (Å²) >= 11 is 15.1. The van der Waals surface area contributed by atoms with Gasteiger partial charge in [-0.2, -0.15) is 0 Å². The summed E-state index contributed by atoms with van der Waals surface area (Å²) in [5.41, 5.74) is 6.87. The molecule has 1 amide bonds. The fourth-order valence-corrected chi connectivity index (χ4v) is 2.83. The van der Waals surface area contributed by atoms with E-state index in [9.17, 15) is 4.79 Å².